The second kappa shape index (κ2) is 8.50. The first-order valence-corrected chi connectivity index (χ1v) is 10.6. The average Bonchev–Trinajstić information content (AvgIpc) is 2.66. The number of aromatic nitrogens is 2. The number of benzene rings is 1. The fraction of sp³-hybridized carbons (Fsp3) is 0.368. The van der Waals surface area contributed by atoms with E-state index in [1.165, 1.54) is 13.0 Å². The Bertz CT molecular complexity index is 971. The third kappa shape index (κ3) is 6.01. The first kappa shape index (κ1) is 21.3. The van der Waals surface area contributed by atoms with Gasteiger partial charge in [-0.25, -0.2) is 23.1 Å². The number of anilines is 1. The van der Waals surface area contributed by atoms with E-state index in [1.807, 2.05) is 18.2 Å². The molecule has 0 aliphatic carbocycles. The zero-order chi connectivity index (χ0) is 21.1. The van der Waals surface area contributed by atoms with Crippen LogP contribution in [-0.4, -0.2) is 37.5 Å². The largest absolute Gasteiger partial charge is 0.433 e. The van der Waals surface area contributed by atoms with Crippen molar-refractivity contribution >= 4 is 21.9 Å². The minimum absolute atomic E-state index is 0.0451. The Morgan fingerprint density at radius 2 is 1.79 bits per heavy atom. The van der Waals surface area contributed by atoms with E-state index in [0.29, 0.717) is 25.9 Å². The van der Waals surface area contributed by atoms with Gasteiger partial charge in [-0.3, -0.25) is 0 Å². The molecule has 6 nitrogen and oxygen atoms in total. The van der Waals surface area contributed by atoms with Gasteiger partial charge in [0.1, 0.15) is 17.3 Å². The first-order chi connectivity index (χ1) is 13.6. The van der Waals surface area contributed by atoms with Crippen LogP contribution in [0.2, 0.25) is 0 Å². The molecule has 2 aromatic rings. The summed E-state index contributed by atoms with van der Waals surface area (Å²) >= 11 is 0. The van der Waals surface area contributed by atoms with E-state index >= 15 is 0 Å². The predicted molar refractivity (Wildman–Crippen MR) is 105 cm³/mol. The van der Waals surface area contributed by atoms with Crippen molar-refractivity contribution in [3.05, 3.63) is 58.9 Å². The standard InChI is InChI=1S/C19H21F3N4O2S/c1-14-23-17(19(20,21)22)13-18(24-14)26-10-7-16(8-11-26)25-29(27,28)12-9-15-5-3-2-4-6-15/h2-6,9,12-13,16,25H,7-8,10-11H2,1H3. The van der Waals surface area contributed by atoms with Gasteiger partial charge in [0, 0.05) is 30.6 Å². The van der Waals surface area contributed by atoms with Gasteiger partial charge in [-0.2, -0.15) is 13.2 Å². The lowest BCUT2D eigenvalue weighted by molar-refractivity contribution is -0.141. The molecule has 0 unspecified atom stereocenters. The van der Waals surface area contributed by atoms with E-state index < -0.39 is 21.9 Å². The van der Waals surface area contributed by atoms with Crippen molar-refractivity contribution in [2.24, 2.45) is 0 Å². The third-order valence-electron chi connectivity index (χ3n) is 4.50. The molecule has 1 aliphatic heterocycles. The maximum absolute atomic E-state index is 13.0. The van der Waals surface area contributed by atoms with E-state index in [1.54, 1.807) is 17.0 Å². The van der Waals surface area contributed by atoms with Gasteiger partial charge in [0.05, 0.1) is 0 Å². The Balaban J connectivity index is 1.61. The molecule has 156 valence electrons. The molecule has 1 aromatic carbocycles. The summed E-state index contributed by atoms with van der Waals surface area (Å²) in [7, 11) is -3.62. The van der Waals surface area contributed by atoms with Crippen molar-refractivity contribution in [2.45, 2.75) is 32.0 Å². The van der Waals surface area contributed by atoms with Crippen molar-refractivity contribution in [3.63, 3.8) is 0 Å². The van der Waals surface area contributed by atoms with Crippen LogP contribution in [0.1, 0.15) is 29.9 Å². The van der Waals surface area contributed by atoms with Crippen LogP contribution in [0.25, 0.3) is 6.08 Å². The lowest BCUT2D eigenvalue weighted by Gasteiger charge is -2.33. The molecular weight excluding hydrogens is 405 g/mol. The van der Waals surface area contributed by atoms with Crippen molar-refractivity contribution in [1.29, 1.82) is 0 Å². The van der Waals surface area contributed by atoms with Crippen LogP contribution < -0.4 is 9.62 Å². The normalized spacial score (nSPS) is 16.5. The van der Waals surface area contributed by atoms with Gasteiger partial charge >= 0.3 is 6.18 Å². The molecule has 0 bridgehead atoms. The quantitative estimate of drug-likeness (QED) is 0.794. The highest BCUT2D eigenvalue weighted by molar-refractivity contribution is 7.92. The number of hydrogen-bond acceptors (Lipinski definition) is 5. The third-order valence-corrected chi connectivity index (χ3v) is 5.66. The zero-order valence-electron chi connectivity index (χ0n) is 15.7. The molecule has 1 N–H and O–H groups in total. The fourth-order valence-electron chi connectivity index (χ4n) is 3.09. The highest BCUT2D eigenvalue weighted by atomic mass is 32.2. The summed E-state index contributed by atoms with van der Waals surface area (Å²) in [5.41, 5.74) is -0.207. The summed E-state index contributed by atoms with van der Waals surface area (Å²) in [4.78, 5) is 9.26. The number of sulfonamides is 1. The molecule has 10 heteroatoms. The van der Waals surface area contributed by atoms with Crippen molar-refractivity contribution in [2.75, 3.05) is 18.0 Å². The molecule has 2 heterocycles. The van der Waals surface area contributed by atoms with E-state index in [0.717, 1.165) is 17.0 Å². The lowest BCUT2D eigenvalue weighted by Crippen LogP contribution is -2.44. The molecular formula is C19H21F3N4O2S. The topological polar surface area (TPSA) is 75.2 Å². The molecule has 1 aromatic heterocycles. The van der Waals surface area contributed by atoms with Crippen molar-refractivity contribution in [1.82, 2.24) is 14.7 Å². The van der Waals surface area contributed by atoms with Gasteiger partial charge in [-0.15, -0.1) is 0 Å². The molecule has 29 heavy (non-hydrogen) atoms. The number of aryl methyl sites for hydroxylation is 1. The van der Waals surface area contributed by atoms with Gasteiger partial charge in [0.25, 0.3) is 0 Å². The van der Waals surface area contributed by atoms with E-state index in [4.69, 9.17) is 0 Å². The smallest absolute Gasteiger partial charge is 0.356 e. The Morgan fingerprint density at radius 1 is 1.14 bits per heavy atom. The number of alkyl halides is 3. The maximum atomic E-state index is 13.0. The molecule has 0 saturated carbocycles. The molecule has 0 radical (unpaired) electrons. The molecule has 3 rings (SSSR count). The minimum Gasteiger partial charge on any atom is -0.356 e. The van der Waals surface area contributed by atoms with Crippen LogP contribution in [0.5, 0.6) is 0 Å². The number of nitrogens with zero attached hydrogens (tertiary/aromatic N) is 3. The predicted octanol–water partition coefficient (Wildman–Crippen LogP) is 3.36. The van der Waals surface area contributed by atoms with E-state index in [2.05, 4.69) is 14.7 Å². The molecule has 1 fully saturated rings. The highest BCUT2D eigenvalue weighted by Crippen LogP contribution is 2.30. The first-order valence-electron chi connectivity index (χ1n) is 9.06. The lowest BCUT2D eigenvalue weighted by atomic mass is 10.1. The van der Waals surface area contributed by atoms with Crippen LogP contribution >= 0.6 is 0 Å². The molecule has 1 aliphatic rings. The van der Waals surface area contributed by atoms with Crippen molar-refractivity contribution < 1.29 is 21.6 Å². The summed E-state index contributed by atoms with van der Waals surface area (Å²) in [6.07, 6.45) is -2.10. The summed E-state index contributed by atoms with van der Waals surface area (Å²) in [6.45, 7) is 2.20. The minimum atomic E-state index is -4.54. The van der Waals surface area contributed by atoms with Gasteiger partial charge in [-0.1, -0.05) is 30.3 Å². The van der Waals surface area contributed by atoms with Gasteiger partial charge in [-0.05, 0) is 31.4 Å². The summed E-state index contributed by atoms with van der Waals surface area (Å²) in [6, 6.07) is 9.70. The SMILES string of the molecule is Cc1nc(N2CCC(NS(=O)(=O)C=Cc3ccccc3)CC2)cc(C(F)(F)F)n1. The van der Waals surface area contributed by atoms with Crippen LogP contribution in [0.15, 0.2) is 41.8 Å². The molecule has 1 saturated heterocycles. The van der Waals surface area contributed by atoms with Crippen LogP contribution in [0, 0.1) is 6.92 Å². The van der Waals surface area contributed by atoms with E-state index in [-0.39, 0.29) is 17.7 Å². The second-order valence-electron chi connectivity index (χ2n) is 6.79. The number of rotatable bonds is 5. The van der Waals surface area contributed by atoms with Gasteiger partial charge in [0.15, 0.2) is 0 Å². The number of hydrogen-bond donors (Lipinski definition) is 1. The fourth-order valence-corrected chi connectivity index (χ4v) is 4.20. The number of piperidine rings is 1. The highest BCUT2D eigenvalue weighted by Gasteiger charge is 2.34. The van der Waals surface area contributed by atoms with E-state index in [9.17, 15) is 21.6 Å². The van der Waals surface area contributed by atoms with Gasteiger partial charge < -0.3 is 4.90 Å². The molecule has 0 atom stereocenters. The summed E-state index contributed by atoms with van der Waals surface area (Å²) in [5, 5.41) is 1.12. The molecule has 0 amide bonds. The Labute approximate surface area is 167 Å². The average molecular weight is 426 g/mol. The second-order valence-corrected chi connectivity index (χ2v) is 8.39. The van der Waals surface area contributed by atoms with Crippen LogP contribution in [-0.2, 0) is 16.2 Å². The Morgan fingerprint density at radius 3 is 2.41 bits per heavy atom. The van der Waals surface area contributed by atoms with Gasteiger partial charge in [0.2, 0.25) is 10.0 Å². The summed E-state index contributed by atoms with van der Waals surface area (Å²) < 4.78 is 66.1. The van der Waals surface area contributed by atoms with Crippen LogP contribution in [0.3, 0.4) is 0 Å². The monoisotopic (exact) mass is 426 g/mol. The number of halogens is 3. The molecule has 0 spiro atoms. The van der Waals surface area contributed by atoms with Crippen molar-refractivity contribution in [3.8, 4) is 0 Å². The van der Waals surface area contributed by atoms with Crippen LogP contribution in [0.4, 0.5) is 19.0 Å². The Hall–Kier alpha value is -2.46. The summed E-state index contributed by atoms with van der Waals surface area (Å²) in [5.74, 6) is 0.249. The zero-order valence-corrected chi connectivity index (χ0v) is 16.5. The number of nitrogens with one attached hydrogen (secondary N) is 1. The Kier molecular flexibility index (Phi) is 6.23. The maximum Gasteiger partial charge on any atom is 0.433 e.